The Morgan fingerprint density at radius 3 is 2.57 bits per heavy atom. The van der Waals surface area contributed by atoms with E-state index in [1.807, 2.05) is 0 Å². The molecule has 6 heteroatoms. The van der Waals surface area contributed by atoms with E-state index in [4.69, 9.17) is 16.0 Å². The number of nitrogens with one attached hydrogen (secondary N) is 2. The molecule has 0 aromatic heterocycles. The number of aliphatic hydroxyl groups is 1. The number of nitrogens with zero attached hydrogens (tertiary/aromatic N) is 1. The Bertz CT molecular complexity index is 682. The third-order valence-corrected chi connectivity index (χ3v) is 9.69. The lowest BCUT2D eigenvalue weighted by molar-refractivity contribution is -0.123. The van der Waals surface area contributed by atoms with Crippen LogP contribution in [0.25, 0.3) is 0 Å². The second-order valence-corrected chi connectivity index (χ2v) is 11.1. The molecule has 170 valence electrons. The van der Waals surface area contributed by atoms with Crippen LogP contribution in [0, 0.1) is 45.8 Å². The summed E-state index contributed by atoms with van der Waals surface area (Å²) < 4.78 is 0. The second kappa shape index (κ2) is 8.33. The van der Waals surface area contributed by atoms with Crippen LogP contribution in [0.1, 0.15) is 85.0 Å². The van der Waals surface area contributed by atoms with Gasteiger partial charge in [0.05, 0.1) is 6.10 Å². The minimum atomic E-state index is -0.0797. The van der Waals surface area contributed by atoms with Crippen LogP contribution in [0.4, 0.5) is 0 Å². The van der Waals surface area contributed by atoms with Gasteiger partial charge in [0.1, 0.15) is 6.61 Å². The molecule has 0 spiro atoms. The van der Waals surface area contributed by atoms with Crippen LogP contribution in [0.2, 0.25) is 0 Å². The molecule has 8 atom stereocenters. The van der Waals surface area contributed by atoms with Crippen molar-refractivity contribution in [1.29, 1.82) is 5.41 Å². The molecule has 0 saturated heterocycles. The van der Waals surface area contributed by atoms with E-state index in [1.54, 1.807) is 0 Å². The quantitative estimate of drug-likeness (QED) is 0.237. The number of hydrogen-bond acceptors (Lipinski definition) is 4. The van der Waals surface area contributed by atoms with Gasteiger partial charge in [-0.2, -0.15) is 0 Å². The molecule has 30 heavy (non-hydrogen) atoms. The van der Waals surface area contributed by atoms with E-state index in [-0.39, 0.29) is 23.4 Å². The van der Waals surface area contributed by atoms with E-state index in [0.717, 1.165) is 43.4 Å². The van der Waals surface area contributed by atoms with Crippen molar-refractivity contribution < 1.29 is 9.94 Å². The van der Waals surface area contributed by atoms with Gasteiger partial charge in [0, 0.05) is 5.92 Å². The predicted molar refractivity (Wildman–Crippen MR) is 120 cm³/mol. The van der Waals surface area contributed by atoms with Crippen molar-refractivity contribution in [3.63, 3.8) is 0 Å². The molecule has 0 radical (unpaired) electrons. The number of aliphatic hydroxyl groups excluding tert-OH is 1. The summed E-state index contributed by atoms with van der Waals surface area (Å²) >= 11 is 0. The zero-order valence-corrected chi connectivity index (χ0v) is 19.1. The van der Waals surface area contributed by atoms with Crippen LogP contribution in [0.5, 0.6) is 0 Å². The summed E-state index contributed by atoms with van der Waals surface area (Å²) in [5.41, 5.74) is 6.29. The summed E-state index contributed by atoms with van der Waals surface area (Å²) in [7, 11) is 0. The highest BCUT2D eigenvalue weighted by Gasteiger charge is 2.61. The van der Waals surface area contributed by atoms with E-state index >= 15 is 0 Å². The molecule has 0 aliphatic heterocycles. The Hall–Kier alpha value is -1.30. The molecular formula is C24H42N4O2. The minimum absolute atomic E-state index is 0.0524. The van der Waals surface area contributed by atoms with Crippen LogP contribution in [0.3, 0.4) is 0 Å². The molecule has 0 unspecified atom stereocenters. The monoisotopic (exact) mass is 418 g/mol. The van der Waals surface area contributed by atoms with E-state index in [9.17, 15) is 5.11 Å². The summed E-state index contributed by atoms with van der Waals surface area (Å²) in [5.74, 6) is 3.96. The van der Waals surface area contributed by atoms with Crippen molar-refractivity contribution in [2.24, 2.45) is 51.3 Å². The summed E-state index contributed by atoms with van der Waals surface area (Å²) in [5, 5.41) is 25.5. The standard InChI is InChI=1S/C24H42N4O2/c1-4-13-30-28-21(27-22(25)26)20-8-7-18-17-6-5-15-14-16(29)9-11-23(15,2)19(17)10-12-24(18,20)3/h15-20,29H,4-14H2,1-3H3,(H4,25,26,27,28)/t15-,16+,17+,18+,19+,20-,23+,24+/m1/s1. The maximum atomic E-state index is 10.2. The van der Waals surface area contributed by atoms with E-state index in [0.29, 0.717) is 23.9 Å². The lowest BCUT2D eigenvalue weighted by Gasteiger charge is -2.61. The molecule has 4 fully saturated rings. The molecule has 4 aliphatic rings. The van der Waals surface area contributed by atoms with Gasteiger partial charge >= 0.3 is 0 Å². The van der Waals surface area contributed by atoms with Crippen molar-refractivity contribution >= 4 is 11.8 Å². The van der Waals surface area contributed by atoms with Crippen molar-refractivity contribution in [1.82, 2.24) is 5.32 Å². The van der Waals surface area contributed by atoms with Crippen LogP contribution >= 0.6 is 0 Å². The first-order valence-corrected chi connectivity index (χ1v) is 12.3. The Morgan fingerprint density at radius 2 is 1.83 bits per heavy atom. The third-order valence-electron chi connectivity index (χ3n) is 9.69. The number of nitrogens with two attached hydrogens (primary N) is 1. The number of fused-ring (bicyclic) bond motifs is 5. The number of rotatable bonds is 4. The lowest BCUT2D eigenvalue weighted by atomic mass is 9.44. The molecule has 0 aromatic carbocycles. The first-order chi connectivity index (χ1) is 14.3. The molecule has 4 saturated carbocycles. The number of hydrogen-bond donors (Lipinski definition) is 4. The van der Waals surface area contributed by atoms with Crippen LogP contribution in [-0.4, -0.2) is 29.6 Å². The SMILES string of the molecule is CCCO/N=C(/NC(=N)N)[C@H]1CC[C@H]2[C@@H]3CC[C@@H]4C[C@@H](O)CC[C@]4(C)[C@H]3CC[C@]12C. The van der Waals surface area contributed by atoms with Gasteiger partial charge in [-0.05, 0) is 98.7 Å². The number of guanidine groups is 1. The fourth-order valence-electron chi connectivity index (χ4n) is 8.20. The first-order valence-electron chi connectivity index (χ1n) is 12.3. The van der Waals surface area contributed by atoms with Crippen molar-refractivity contribution in [3.8, 4) is 0 Å². The highest BCUT2D eigenvalue weighted by Crippen LogP contribution is 2.67. The Balaban J connectivity index is 1.56. The van der Waals surface area contributed by atoms with Crippen LogP contribution in [0.15, 0.2) is 5.16 Å². The Kier molecular flexibility index (Phi) is 6.08. The average molecular weight is 419 g/mol. The maximum absolute atomic E-state index is 10.2. The Labute approximate surface area is 181 Å². The molecule has 4 rings (SSSR count). The lowest BCUT2D eigenvalue weighted by Crippen LogP contribution is -2.55. The first kappa shape index (κ1) is 21.9. The van der Waals surface area contributed by atoms with Crippen molar-refractivity contribution in [3.05, 3.63) is 0 Å². The molecule has 5 N–H and O–H groups in total. The van der Waals surface area contributed by atoms with E-state index in [2.05, 4.69) is 31.2 Å². The average Bonchev–Trinajstić information content (AvgIpc) is 3.05. The zero-order chi connectivity index (χ0) is 21.5. The summed E-state index contributed by atoms with van der Waals surface area (Å²) in [6, 6.07) is 0. The van der Waals surface area contributed by atoms with Gasteiger partial charge in [-0.3, -0.25) is 5.41 Å². The van der Waals surface area contributed by atoms with Gasteiger partial charge in [0.15, 0.2) is 11.8 Å². The van der Waals surface area contributed by atoms with Gasteiger partial charge in [-0.1, -0.05) is 25.9 Å². The summed E-state index contributed by atoms with van der Waals surface area (Å²) in [6.45, 7) is 7.66. The van der Waals surface area contributed by atoms with Crippen molar-refractivity contribution in [2.75, 3.05) is 6.61 Å². The van der Waals surface area contributed by atoms with Gasteiger partial charge in [0.2, 0.25) is 0 Å². The molecule has 6 nitrogen and oxygen atoms in total. The zero-order valence-electron chi connectivity index (χ0n) is 19.1. The number of amidine groups is 1. The second-order valence-electron chi connectivity index (χ2n) is 11.1. The molecular weight excluding hydrogens is 376 g/mol. The van der Waals surface area contributed by atoms with Crippen LogP contribution in [-0.2, 0) is 4.84 Å². The smallest absolute Gasteiger partial charge is 0.191 e. The van der Waals surface area contributed by atoms with Gasteiger partial charge < -0.3 is 21.0 Å². The topological polar surface area (TPSA) is 104 Å². The molecule has 4 aliphatic carbocycles. The highest BCUT2D eigenvalue weighted by atomic mass is 16.6. The third kappa shape index (κ3) is 3.63. The summed E-state index contributed by atoms with van der Waals surface area (Å²) in [4.78, 5) is 5.54. The molecule has 0 amide bonds. The molecule has 0 heterocycles. The molecule has 0 bridgehead atoms. The maximum Gasteiger partial charge on any atom is 0.191 e. The van der Waals surface area contributed by atoms with Gasteiger partial charge in [0.25, 0.3) is 0 Å². The van der Waals surface area contributed by atoms with Gasteiger partial charge in [-0.15, -0.1) is 0 Å². The highest BCUT2D eigenvalue weighted by molar-refractivity contribution is 5.99. The van der Waals surface area contributed by atoms with Crippen molar-refractivity contribution in [2.45, 2.75) is 91.1 Å². The van der Waals surface area contributed by atoms with E-state index in [1.165, 1.54) is 38.5 Å². The summed E-state index contributed by atoms with van der Waals surface area (Å²) in [6.07, 6.45) is 11.4. The Morgan fingerprint density at radius 1 is 1.10 bits per heavy atom. The minimum Gasteiger partial charge on any atom is -0.394 e. The largest absolute Gasteiger partial charge is 0.394 e. The van der Waals surface area contributed by atoms with Crippen LogP contribution < -0.4 is 11.1 Å². The predicted octanol–water partition coefficient (Wildman–Crippen LogP) is 4.23. The fraction of sp³-hybridized carbons (Fsp3) is 0.917. The fourth-order valence-corrected chi connectivity index (χ4v) is 8.20. The number of oxime groups is 1. The van der Waals surface area contributed by atoms with E-state index < -0.39 is 0 Å². The van der Waals surface area contributed by atoms with Gasteiger partial charge in [-0.25, -0.2) is 0 Å². The normalized spacial score (nSPS) is 45.8. The molecule has 0 aromatic rings.